The van der Waals surface area contributed by atoms with E-state index < -0.39 is 0 Å². The van der Waals surface area contributed by atoms with Crippen LogP contribution in [0.15, 0.2) is 40.9 Å². The lowest BCUT2D eigenvalue weighted by molar-refractivity contribution is 0.687. The fourth-order valence-corrected chi connectivity index (χ4v) is 3.66. The predicted octanol–water partition coefficient (Wildman–Crippen LogP) is 4.56. The highest BCUT2D eigenvalue weighted by molar-refractivity contribution is 9.10. The van der Waals surface area contributed by atoms with Gasteiger partial charge in [-0.05, 0) is 61.1 Å². The van der Waals surface area contributed by atoms with Crippen molar-refractivity contribution < 1.29 is 0 Å². The molecule has 0 aliphatic heterocycles. The first-order chi connectivity index (χ1) is 9.70. The SMILES string of the molecule is CNC(c1ccc2c(c1)CCC2)c1cccc(C)c1Br. The fourth-order valence-electron chi connectivity index (χ4n) is 3.17. The van der Waals surface area contributed by atoms with Gasteiger partial charge in [-0.25, -0.2) is 0 Å². The van der Waals surface area contributed by atoms with Crippen molar-refractivity contribution >= 4 is 15.9 Å². The van der Waals surface area contributed by atoms with Gasteiger partial charge in [-0.3, -0.25) is 0 Å². The second-order valence-electron chi connectivity index (χ2n) is 5.58. The Labute approximate surface area is 129 Å². The Morgan fingerprint density at radius 1 is 1.10 bits per heavy atom. The van der Waals surface area contributed by atoms with Gasteiger partial charge in [0.15, 0.2) is 0 Å². The van der Waals surface area contributed by atoms with Crippen LogP contribution in [0.1, 0.15) is 40.3 Å². The van der Waals surface area contributed by atoms with Crippen LogP contribution >= 0.6 is 15.9 Å². The van der Waals surface area contributed by atoms with Gasteiger partial charge in [0.05, 0.1) is 6.04 Å². The second kappa shape index (κ2) is 5.71. The van der Waals surface area contributed by atoms with Crippen molar-refractivity contribution in [3.63, 3.8) is 0 Å². The molecule has 1 N–H and O–H groups in total. The first kappa shape index (κ1) is 13.8. The molecule has 0 saturated carbocycles. The molecule has 0 radical (unpaired) electrons. The monoisotopic (exact) mass is 329 g/mol. The predicted molar refractivity (Wildman–Crippen MR) is 88.2 cm³/mol. The van der Waals surface area contributed by atoms with E-state index in [1.807, 2.05) is 7.05 Å². The summed E-state index contributed by atoms with van der Waals surface area (Å²) in [6, 6.07) is 13.7. The van der Waals surface area contributed by atoms with E-state index in [1.54, 1.807) is 0 Å². The van der Waals surface area contributed by atoms with Gasteiger partial charge in [-0.2, -0.15) is 0 Å². The number of hydrogen-bond acceptors (Lipinski definition) is 1. The van der Waals surface area contributed by atoms with E-state index in [2.05, 4.69) is 64.6 Å². The zero-order valence-electron chi connectivity index (χ0n) is 12.0. The van der Waals surface area contributed by atoms with Crippen LogP contribution in [0.25, 0.3) is 0 Å². The van der Waals surface area contributed by atoms with E-state index in [-0.39, 0.29) is 6.04 Å². The van der Waals surface area contributed by atoms with Crippen molar-refractivity contribution in [2.45, 2.75) is 32.2 Å². The highest BCUT2D eigenvalue weighted by Gasteiger charge is 2.18. The highest BCUT2D eigenvalue weighted by atomic mass is 79.9. The summed E-state index contributed by atoms with van der Waals surface area (Å²) in [6.07, 6.45) is 3.78. The normalized spacial score (nSPS) is 15.2. The third-order valence-electron chi connectivity index (χ3n) is 4.28. The summed E-state index contributed by atoms with van der Waals surface area (Å²) in [7, 11) is 2.03. The van der Waals surface area contributed by atoms with Crippen molar-refractivity contribution in [3.8, 4) is 0 Å². The summed E-state index contributed by atoms with van der Waals surface area (Å²) in [4.78, 5) is 0. The summed E-state index contributed by atoms with van der Waals surface area (Å²) in [5.41, 5.74) is 7.02. The molecule has 3 rings (SSSR count). The number of hydrogen-bond donors (Lipinski definition) is 1. The van der Waals surface area contributed by atoms with Crippen LogP contribution in [0.4, 0.5) is 0 Å². The molecule has 2 aromatic carbocycles. The summed E-state index contributed by atoms with van der Waals surface area (Å²) in [5, 5.41) is 3.46. The Kier molecular flexibility index (Phi) is 3.95. The van der Waals surface area contributed by atoms with E-state index in [0.29, 0.717) is 0 Å². The molecule has 0 amide bonds. The fraction of sp³-hybridized carbons (Fsp3) is 0.333. The molecular formula is C18H20BrN. The van der Waals surface area contributed by atoms with Gasteiger partial charge in [0.25, 0.3) is 0 Å². The standard InChI is InChI=1S/C18H20BrN/c1-12-5-3-8-16(17(12)19)18(20-2)15-10-9-13-6-4-7-14(13)11-15/h3,5,8-11,18,20H,4,6-7H2,1-2H3. The molecule has 1 aliphatic rings. The lowest BCUT2D eigenvalue weighted by Gasteiger charge is -2.20. The lowest BCUT2D eigenvalue weighted by atomic mass is 9.95. The third-order valence-corrected chi connectivity index (χ3v) is 5.36. The molecule has 1 nitrogen and oxygen atoms in total. The van der Waals surface area contributed by atoms with E-state index in [9.17, 15) is 0 Å². The molecule has 0 bridgehead atoms. The molecule has 2 aromatic rings. The summed E-state index contributed by atoms with van der Waals surface area (Å²) in [6.45, 7) is 2.14. The van der Waals surface area contributed by atoms with Crippen LogP contribution in [0.3, 0.4) is 0 Å². The maximum atomic E-state index is 3.74. The average molecular weight is 330 g/mol. The zero-order valence-corrected chi connectivity index (χ0v) is 13.6. The largest absolute Gasteiger partial charge is 0.309 e. The van der Waals surface area contributed by atoms with Gasteiger partial charge in [-0.15, -0.1) is 0 Å². The Morgan fingerprint density at radius 3 is 2.70 bits per heavy atom. The van der Waals surface area contributed by atoms with Gasteiger partial charge in [0.2, 0.25) is 0 Å². The maximum Gasteiger partial charge on any atom is 0.0585 e. The van der Waals surface area contributed by atoms with Gasteiger partial charge in [0, 0.05) is 4.47 Å². The molecule has 0 spiro atoms. The molecule has 0 heterocycles. The van der Waals surface area contributed by atoms with E-state index in [0.717, 1.165) is 0 Å². The molecule has 0 aromatic heterocycles. The third kappa shape index (κ3) is 2.43. The van der Waals surface area contributed by atoms with Gasteiger partial charge in [-0.1, -0.05) is 52.3 Å². The minimum atomic E-state index is 0.246. The number of benzene rings is 2. The summed E-state index contributed by atoms with van der Waals surface area (Å²) < 4.78 is 1.21. The average Bonchev–Trinajstić information content (AvgIpc) is 2.92. The lowest BCUT2D eigenvalue weighted by Crippen LogP contribution is -2.18. The minimum Gasteiger partial charge on any atom is -0.309 e. The smallest absolute Gasteiger partial charge is 0.0585 e. The Balaban J connectivity index is 2.03. The highest BCUT2D eigenvalue weighted by Crippen LogP contribution is 2.33. The summed E-state index contributed by atoms with van der Waals surface area (Å²) in [5.74, 6) is 0. The second-order valence-corrected chi connectivity index (χ2v) is 6.37. The van der Waals surface area contributed by atoms with E-state index in [4.69, 9.17) is 0 Å². The molecule has 1 atom stereocenters. The number of rotatable bonds is 3. The Hall–Kier alpha value is -1.12. The van der Waals surface area contributed by atoms with Crippen molar-refractivity contribution in [2.75, 3.05) is 7.05 Å². The molecule has 0 saturated heterocycles. The molecule has 1 aliphatic carbocycles. The molecule has 104 valence electrons. The first-order valence-corrected chi connectivity index (χ1v) is 8.04. The van der Waals surface area contributed by atoms with E-state index >= 15 is 0 Å². The number of fused-ring (bicyclic) bond motifs is 1. The molecule has 0 fully saturated rings. The molecule has 2 heteroatoms. The van der Waals surface area contributed by atoms with Gasteiger partial charge in [0.1, 0.15) is 0 Å². The van der Waals surface area contributed by atoms with Crippen LogP contribution < -0.4 is 5.32 Å². The number of aryl methyl sites for hydroxylation is 3. The van der Waals surface area contributed by atoms with Gasteiger partial charge >= 0.3 is 0 Å². The van der Waals surface area contributed by atoms with Crippen LogP contribution in [0, 0.1) is 6.92 Å². The molecular weight excluding hydrogens is 310 g/mol. The number of halogens is 1. The quantitative estimate of drug-likeness (QED) is 0.870. The Morgan fingerprint density at radius 2 is 1.90 bits per heavy atom. The maximum absolute atomic E-state index is 3.74. The van der Waals surface area contributed by atoms with E-state index in [1.165, 1.54) is 51.6 Å². The summed E-state index contributed by atoms with van der Waals surface area (Å²) >= 11 is 3.74. The Bertz CT molecular complexity index is 633. The van der Waals surface area contributed by atoms with Crippen molar-refractivity contribution in [2.24, 2.45) is 0 Å². The van der Waals surface area contributed by atoms with Crippen molar-refractivity contribution in [1.82, 2.24) is 5.32 Å². The number of nitrogens with one attached hydrogen (secondary N) is 1. The van der Waals surface area contributed by atoms with Crippen LogP contribution in [-0.2, 0) is 12.8 Å². The zero-order chi connectivity index (χ0) is 14.1. The van der Waals surface area contributed by atoms with Crippen LogP contribution in [0.2, 0.25) is 0 Å². The van der Waals surface area contributed by atoms with Crippen LogP contribution in [-0.4, -0.2) is 7.05 Å². The topological polar surface area (TPSA) is 12.0 Å². The van der Waals surface area contributed by atoms with Crippen LogP contribution in [0.5, 0.6) is 0 Å². The molecule has 1 unspecified atom stereocenters. The van der Waals surface area contributed by atoms with Crippen molar-refractivity contribution in [1.29, 1.82) is 0 Å². The van der Waals surface area contributed by atoms with Gasteiger partial charge < -0.3 is 5.32 Å². The first-order valence-electron chi connectivity index (χ1n) is 7.24. The minimum absolute atomic E-state index is 0.246. The van der Waals surface area contributed by atoms with Crippen molar-refractivity contribution in [3.05, 3.63) is 68.7 Å². The molecule has 20 heavy (non-hydrogen) atoms.